The minimum Gasteiger partial charge on any atom is -0.383 e. The summed E-state index contributed by atoms with van der Waals surface area (Å²) in [5.74, 6) is -0.167. The Hall–Kier alpha value is -0.830. The summed E-state index contributed by atoms with van der Waals surface area (Å²) in [6, 6.07) is 0. The second-order valence-corrected chi connectivity index (χ2v) is 2.38. The Kier molecular flexibility index (Phi) is 2.06. The second-order valence-electron chi connectivity index (χ2n) is 2.38. The summed E-state index contributed by atoms with van der Waals surface area (Å²) >= 11 is 0. The third-order valence-electron chi connectivity index (χ3n) is 1.62. The van der Waals surface area contributed by atoms with Crippen LogP contribution in [0.25, 0.3) is 0 Å². The zero-order valence-electron chi connectivity index (χ0n) is 5.79. The molecule has 0 aliphatic carbocycles. The van der Waals surface area contributed by atoms with E-state index in [4.69, 9.17) is 5.11 Å². The summed E-state index contributed by atoms with van der Waals surface area (Å²) < 4.78 is 0. The molecule has 0 bridgehead atoms. The Morgan fingerprint density at radius 1 is 1.90 bits per heavy atom. The lowest BCUT2D eigenvalue weighted by molar-refractivity contribution is -0.134. The highest BCUT2D eigenvalue weighted by Crippen LogP contribution is 2.09. The van der Waals surface area contributed by atoms with Crippen LogP contribution in [0, 0.1) is 0 Å². The van der Waals surface area contributed by atoms with E-state index < -0.39 is 6.10 Å². The maximum absolute atomic E-state index is 10.9. The smallest absolute Gasteiger partial charge is 0.251 e. The van der Waals surface area contributed by atoms with Crippen LogP contribution in [-0.2, 0) is 4.79 Å². The van der Waals surface area contributed by atoms with E-state index >= 15 is 0 Å². The largest absolute Gasteiger partial charge is 0.383 e. The summed E-state index contributed by atoms with van der Waals surface area (Å²) in [5, 5.41) is 8.97. The van der Waals surface area contributed by atoms with E-state index in [0.29, 0.717) is 19.5 Å². The normalized spacial score (nSPS) is 25.5. The lowest BCUT2D eigenvalue weighted by Gasteiger charge is -2.11. The molecule has 1 N–H and O–H groups in total. The van der Waals surface area contributed by atoms with Gasteiger partial charge in [0.1, 0.15) is 6.10 Å². The first-order valence-corrected chi connectivity index (χ1v) is 3.33. The predicted octanol–water partition coefficient (Wildman–Crippen LogP) is -0.234. The van der Waals surface area contributed by atoms with Crippen molar-refractivity contribution in [2.24, 2.45) is 0 Å². The van der Waals surface area contributed by atoms with Gasteiger partial charge in [0.2, 0.25) is 0 Å². The van der Waals surface area contributed by atoms with E-state index in [-0.39, 0.29) is 5.91 Å². The maximum atomic E-state index is 10.9. The highest BCUT2D eigenvalue weighted by atomic mass is 16.3. The molecule has 1 rings (SSSR count). The van der Waals surface area contributed by atoms with Crippen LogP contribution >= 0.6 is 0 Å². The average molecular weight is 141 g/mol. The number of rotatable bonds is 2. The molecule has 0 aromatic heterocycles. The first-order chi connectivity index (χ1) is 4.75. The molecule has 0 saturated carbocycles. The Morgan fingerprint density at radius 3 is 3.00 bits per heavy atom. The molecule has 1 saturated heterocycles. The van der Waals surface area contributed by atoms with Crippen LogP contribution in [0.4, 0.5) is 0 Å². The Labute approximate surface area is 59.9 Å². The van der Waals surface area contributed by atoms with Crippen molar-refractivity contribution in [1.82, 2.24) is 4.90 Å². The van der Waals surface area contributed by atoms with Gasteiger partial charge in [0, 0.05) is 13.1 Å². The number of aliphatic hydroxyl groups is 1. The van der Waals surface area contributed by atoms with Crippen molar-refractivity contribution in [3.8, 4) is 0 Å². The molecule has 0 radical (unpaired) electrons. The van der Waals surface area contributed by atoms with E-state index in [0.717, 1.165) is 0 Å². The highest BCUT2D eigenvalue weighted by Gasteiger charge is 2.28. The molecule has 1 unspecified atom stereocenters. The predicted molar refractivity (Wildman–Crippen MR) is 37.4 cm³/mol. The molecule has 10 heavy (non-hydrogen) atoms. The Morgan fingerprint density at radius 2 is 2.60 bits per heavy atom. The van der Waals surface area contributed by atoms with Crippen molar-refractivity contribution in [3.63, 3.8) is 0 Å². The molecule has 3 nitrogen and oxygen atoms in total. The number of hydrogen-bond acceptors (Lipinski definition) is 2. The van der Waals surface area contributed by atoms with Gasteiger partial charge in [-0.3, -0.25) is 4.79 Å². The first kappa shape index (κ1) is 7.28. The van der Waals surface area contributed by atoms with Crippen molar-refractivity contribution >= 4 is 5.91 Å². The van der Waals surface area contributed by atoms with Crippen LogP contribution < -0.4 is 0 Å². The van der Waals surface area contributed by atoms with Gasteiger partial charge < -0.3 is 10.0 Å². The third-order valence-corrected chi connectivity index (χ3v) is 1.62. The zero-order valence-corrected chi connectivity index (χ0v) is 5.79. The van der Waals surface area contributed by atoms with Gasteiger partial charge in [0.25, 0.3) is 5.91 Å². The first-order valence-electron chi connectivity index (χ1n) is 3.33. The lowest BCUT2D eigenvalue weighted by atomic mass is 10.3. The fourth-order valence-corrected chi connectivity index (χ4v) is 1.06. The molecule has 1 aliphatic heterocycles. The number of nitrogens with zero attached hydrogens (tertiary/aromatic N) is 1. The van der Waals surface area contributed by atoms with Crippen molar-refractivity contribution in [3.05, 3.63) is 12.7 Å². The van der Waals surface area contributed by atoms with Gasteiger partial charge in [-0.15, -0.1) is 6.58 Å². The Bertz CT molecular complexity index is 156. The van der Waals surface area contributed by atoms with Gasteiger partial charge in [0.15, 0.2) is 0 Å². The molecule has 0 aromatic carbocycles. The molecule has 3 heteroatoms. The van der Waals surface area contributed by atoms with E-state index in [1.54, 1.807) is 11.0 Å². The SMILES string of the molecule is C=CCN1CCC(O)C1=O. The van der Waals surface area contributed by atoms with E-state index in [2.05, 4.69) is 6.58 Å². The molecule has 1 atom stereocenters. The van der Waals surface area contributed by atoms with Gasteiger partial charge in [0.05, 0.1) is 0 Å². The summed E-state index contributed by atoms with van der Waals surface area (Å²) in [5.41, 5.74) is 0. The van der Waals surface area contributed by atoms with Crippen LogP contribution in [0.5, 0.6) is 0 Å². The van der Waals surface area contributed by atoms with Gasteiger partial charge in [-0.25, -0.2) is 0 Å². The molecular formula is C7H11NO2. The number of likely N-dealkylation sites (tertiary alicyclic amines) is 1. The molecule has 0 spiro atoms. The van der Waals surface area contributed by atoms with Gasteiger partial charge in [-0.1, -0.05) is 6.08 Å². The molecule has 1 heterocycles. The van der Waals surface area contributed by atoms with Crippen molar-refractivity contribution < 1.29 is 9.90 Å². The summed E-state index contributed by atoms with van der Waals surface area (Å²) in [6.45, 7) is 4.72. The maximum Gasteiger partial charge on any atom is 0.251 e. The number of amides is 1. The van der Waals surface area contributed by atoms with Gasteiger partial charge in [-0.05, 0) is 6.42 Å². The standard InChI is InChI=1S/C7H11NO2/c1-2-4-8-5-3-6(9)7(8)10/h2,6,9H,1,3-5H2. The zero-order chi connectivity index (χ0) is 7.56. The van der Waals surface area contributed by atoms with Crippen molar-refractivity contribution in [2.75, 3.05) is 13.1 Å². The molecule has 1 fully saturated rings. The molecular weight excluding hydrogens is 130 g/mol. The minimum absolute atomic E-state index is 0.167. The van der Waals surface area contributed by atoms with Crippen LogP contribution in [0.15, 0.2) is 12.7 Å². The van der Waals surface area contributed by atoms with Gasteiger partial charge >= 0.3 is 0 Å². The number of carbonyl (C=O) groups is 1. The monoisotopic (exact) mass is 141 g/mol. The van der Waals surface area contributed by atoms with E-state index in [1.165, 1.54) is 0 Å². The fraction of sp³-hybridized carbons (Fsp3) is 0.571. The summed E-state index contributed by atoms with van der Waals surface area (Å²) in [6.07, 6.45) is 1.46. The van der Waals surface area contributed by atoms with E-state index in [1.807, 2.05) is 0 Å². The van der Waals surface area contributed by atoms with Crippen molar-refractivity contribution in [1.29, 1.82) is 0 Å². The number of aliphatic hydroxyl groups excluding tert-OH is 1. The number of carbonyl (C=O) groups excluding carboxylic acids is 1. The molecule has 1 aliphatic rings. The quantitative estimate of drug-likeness (QED) is 0.539. The van der Waals surface area contributed by atoms with Gasteiger partial charge in [-0.2, -0.15) is 0 Å². The topological polar surface area (TPSA) is 40.5 Å². The van der Waals surface area contributed by atoms with E-state index in [9.17, 15) is 4.79 Å². The molecule has 0 aromatic rings. The fourth-order valence-electron chi connectivity index (χ4n) is 1.06. The van der Waals surface area contributed by atoms with Crippen LogP contribution in [-0.4, -0.2) is 35.1 Å². The molecule has 1 amide bonds. The Balaban J connectivity index is 2.48. The van der Waals surface area contributed by atoms with Crippen LogP contribution in [0.2, 0.25) is 0 Å². The third kappa shape index (κ3) is 1.19. The summed E-state index contributed by atoms with van der Waals surface area (Å²) in [7, 11) is 0. The lowest BCUT2D eigenvalue weighted by Crippen LogP contribution is -2.29. The summed E-state index contributed by atoms with van der Waals surface area (Å²) in [4.78, 5) is 12.5. The average Bonchev–Trinajstić information content (AvgIpc) is 2.20. The van der Waals surface area contributed by atoms with Crippen LogP contribution in [0.1, 0.15) is 6.42 Å². The molecule has 56 valence electrons. The second kappa shape index (κ2) is 2.84. The van der Waals surface area contributed by atoms with Crippen molar-refractivity contribution in [2.45, 2.75) is 12.5 Å². The number of hydrogen-bond donors (Lipinski definition) is 1. The minimum atomic E-state index is -0.764. The van der Waals surface area contributed by atoms with Crippen LogP contribution in [0.3, 0.4) is 0 Å². The highest BCUT2D eigenvalue weighted by molar-refractivity contribution is 5.82.